The number of likely N-dealkylation sites (tertiary alicyclic amines) is 1. The summed E-state index contributed by atoms with van der Waals surface area (Å²) in [7, 11) is 0. The minimum Gasteiger partial charge on any atom is -0.356 e. The summed E-state index contributed by atoms with van der Waals surface area (Å²) in [6, 6.07) is 1.91. The number of alkyl halides is 2. The monoisotopic (exact) mass is 375 g/mol. The average Bonchev–Trinajstić information content (AvgIpc) is 2.67. The van der Waals surface area contributed by atoms with Crippen molar-refractivity contribution in [2.45, 2.75) is 38.5 Å². The van der Waals surface area contributed by atoms with Crippen molar-refractivity contribution in [2.24, 2.45) is 5.92 Å². The number of hydrogen-bond donors (Lipinski definition) is 0. The number of anilines is 1. The maximum Gasteiger partial charge on any atom is 0.251 e. The topological polar surface area (TPSA) is 62.2 Å². The third-order valence-electron chi connectivity index (χ3n) is 5.54. The highest BCUT2D eigenvalue weighted by molar-refractivity contribution is 5.89. The van der Waals surface area contributed by atoms with E-state index < -0.39 is 5.92 Å². The Hall–Kier alpha value is -2.38. The van der Waals surface area contributed by atoms with Crippen LogP contribution in [0, 0.1) is 12.8 Å². The van der Waals surface area contributed by atoms with Gasteiger partial charge in [0.2, 0.25) is 5.91 Å². The van der Waals surface area contributed by atoms with Gasteiger partial charge in [0, 0.05) is 56.5 Å². The molecule has 0 aromatic carbocycles. The quantitative estimate of drug-likeness (QED) is 0.808. The number of aromatic nitrogens is 3. The minimum absolute atomic E-state index is 0.0260. The number of halogens is 2. The van der Waals surface area contributed by atoms with Crippen LogP contribution in [0.2, 0.25) is 0 Å². The van der Waals surface area contributed by atoms with Gasteiger partial charge in [0.1, 0.15) is 11.6 Å². The highest BCUT2D eigenvalue weighted by Gasteiger charge is 2.38. The Labute approximate surface area is 156 Å². The number of nitrogens with zero attached hydrogens (tertiary/aromatic N) is 5. The van der Waals surface area contributed by atoms with Gasteiger partial charge in [-0.2, -0.15) is 0 Å². The smallest absolute Gasteiger partial charge is 0.251 e. The van der Waals surface area contributed by atoms with Gasteiger partial charge < -0.3 is 9.80 Å². The third-order valence-corrected chi connectivity index (χ3v) is 5.54. The molecule has 0 N–H and O–H groups in total. The molecule has 0 aliphatic carbocycles. The van der Waals surface area contributed by atoms with Crippen LogP contribution < -0.4 is 4.90 Å². The molecular formula is C19H23F2N5O. The van der Waals surface area contributed by atoms with Crippen LogP contribution in [-0.4, -0.2) is 57.9 Å². The van der Waals surface area contributed by atoms with Crippen molar-refractivity contribution in [3.63, 3.8) is 0 Å². The van der Waals surface area contributed by atoms with Crippen LogP contribution in [0.3, 0.4) is 0 Å². The second kappa shape index (κ2) is 6.98. The zero-order chi connectivity index (χ0) is 19.0. The second-order valence-electron chi connectivity index (χ2n) is 7.43. The summed E-state index contributed by atoms with van der Waals surface area (Å²) in [4.78, 5) is 29.7. The number of rotatable bonds is 2. The van der Waals surface area contributed by atoms with Crippen LogP contribution >= 0.6 is 0 Å². The summed E-state index contributed by atoms with van der Waals surface area (Å²) in [5.74, 6) is -1.12. The summed E-state index contributed by atoms with van der Waals surface area (Å²) >= 11 is 0. The van der Waals surface area contributed by atoms with Crippen molar-refractivity contribution >= 4 is 22.6 Å². The molecule has 144 valence electrons. The maximum absolute atomic E-state index is 13.3. The van der Waals surface area contributed by atoms with Crippen LogP contribution in [0.25, 0.3) is 10.9 Å². The van der Waals surface area contributed by atoms with Crippen molar-refractivity contribution in [1.82, 2.24) is 19.9 Å². The van der Waals surface area contributed by atoms with Crippen LogP contribution in [0.4, 0.5) is 14.6 Å². The summed E-state index contributed by atoms with van der Waals surface area (Å²) in [5, 5.41) is 0.957. The largest absolute Gasteiger partial charge is 0.356 e. The Morgan fingerprint density at radius 2 is 1.85 bits per heavy atom. The Morgan fingerprint density at radius 1 is 1.15 bits per heavy atom. The zero-order valence-electron chi connectivity index (χ0n) is 15.4. The Bertz CT molecular complexity index is 841. The van der Waals surface area contributed by atoms with E-state index in [-0.39, 0.29) is 37.8 Å². The number of hydrogen-bond acceptors (Lipinski definition) is 5. The van der Waals surface area contributed by atoms with Gasteiger partial charge in [-0.1, -0.05) is 0 Å². The van der Waals surface area contributed by atoms with Crippen molar-refractivity contribution in [3.05, 3.63) is 24.3 Å². The number of aryl methyl sites for hydroxylation is 1. The molecule has 0 radical (unpaired) electrons. The van der Waals surface area contributed by atoms with Crippen LogP contribution in [-0.2, 0) is 4.79 Å². The molecule has 0 spiro atoms. The van der Waals surface area contributed by atoms with E-state index in [1.54, 1.807) is 17.3 Å². The Morgan fingerprint density at radius 3 is 2.56 bits per heavy atom. The van der Waals surface area contributed by atoms with E-state index >= 15 is 0 Å². The fraction of sp³-hybridized carbons (Fsp3) is 0.579. The Balaban J connectivity index is 1.43. The van der Waals surface area contributed by atoms with E-state index in [0.717, 1.165) is 16.7 Å². The van der Waals surface area contributed by atoms with Crippen molar-refractivity contribution < 1.29 is 13.6 Å². The van der Waals surface area contributed by atoms with Gasteiger partial charge in [0.05, 0.1) is 11.7 Å². The summed E-state index contributed by atoms with van der Waals surface area (Å²) in [5.41, 5.74) is 0.812. The molecule has 0 unspecified atom stereocenters. The lowest BCUT2D eigenvalue weighted by molar-refractivity contribution is -0.142. The summed E-state index contributed by atoms with van der Waals surface area (Å²) in [6.45, 7) is 3.62. The number of amides is 1. The first-order valence-corrected chi connectivity index (χ1v) is 9.43. The molecule has 2 aliphatic heterocycles. The predicted octanol–water partition coefficient (Wildman–Crippen LogP) is 2.81. The average molecular weight is 375 g/mol. The maximum atomic E-state index is 13.3. The molecule has 4 rings (SSSR count). The molecule has 0 bridgehead atoms. The first-order chi connectivity index (χ1) is 12.9. The number of piperidine rings is 2. The third kappa shape index (κ3) is 3.70. The standard InChI is InChI=1S/C19H23F2N5O/c1-13-23-16-12-22-7-2-15(16)17(24-13)25-8-3-14(4-9-25)18(27)26-10-5-19(20,21)6-11-26/h2,7,12,14H,3-6,8-11H2,1H3. The normalized spacial score (nSPS) is 20.9. The van der Waals surface area contributed by atoms with E-state index in [9.17, 15) is 13.6 Å². The van der Waals surface area contributed by atoms with E-state index in [1.165, 1.54) is 0 Å². The molecule has 1 amide bonds. The van der Waals surface area contributed by atoms with Crippen molar-refractivity contribution in [3.8, 4) is 0 Å². The van der Waals surface area contributed by atoms with Gasteiger partial charge in [-0.25, -0.2) is 18.7 Å². The molecule has 2 aliphatic rings. The van der Waals surface area contributed by atoms with E-state index in [1.807, 2.05) is 13.0 Å². The molecule has 2 saturated heterocycles. The fourth-order valence-electron chi connectivity index (χ4n) is 3.97. The molecule has 8 heteroatoms. The van der Waals surface area contributed by atoms with Gasteiger partial charge in [0.25, 0.3) is 5.92 Å². The highest BCUT2D eigenvalue weighted by Crippen LogP contribution is 2.31. The molecule has 27 heavy (non-hydrogen) atoms. The van der Waals surface area contributed by atoms with Gasteiger partial charge in [-0.15, -0.1) is 0 Å². The van der Waals surface area contributed by atoms with E-state index in [4.69, 9.17) is 0 Å². The lowest BCUT2D eigenvalue weighted by Crippen LogP contribution is -2.47. The van der Waals surface area contributed by atoms with E-state index in [2.05, 4.69) is 19.9 Å². The SMILES string of the molecule is Cc1nc(N2CCC(C(=O)N3CCC(F)(F)CC3)CC2)c2ccncc2n1. The molecule has 2 fully saturated rings. The van der Waals surface area contributed by atoms with Gasteiger partial charge >= 0.3 is 0 Å². The lowest BCUT2D eigenvalue weighted by Gasteiger charge is -2.37. The molecule has 0 saturated carbocycles. The molecule has 2 aromatic heterocycles. The highest BCUT2D eigenvalue weighted by atomic mass is 19.3. The number of fused-ring (bicyclic) bond motifs is 1. The summed E-state index contributed by atoms with van der Waals surface area (Å²) < 4.78 is 26.6. The summed E-state index contributed by atoms with van der Waals surface area (Å²) in [6.07, 6.45) is 4.43. The first-order valence-electron chi connectivity index (χ1n) is 9.43. The molecule has 2 aromatic rings. The van der Waals surface area contributed by atoms with Crippen molar-refractivity contribution in [2.75, 3.05) is 31.1 Å². The van der Waals surface area contributed by atoms with Crippen LogP contribution in [0.15, 0.2) is 18.5 Å². The van der Waals surface area contributed by atoms with Gasteiger partial charge in [-0.05, 0) is 25.8 Å². The molecule has 6 nitrogen and oxygen atoms in total. The number of carbonyl (C=O) groups is 1. The second-order valence-corrected chi connectivity index (χ2v) is 7.43. The number of pyridine rings is 1. The molecule has 4 heterocycles. The fourth-order valence-corrected chi connectivity index (χ4v) is 3.97. The first kappa shape index (κ1) is 18.0. The zero-order valence-corrected chi connectivity index (χ0v) is 15.4. The van der Waals surface area contributed by atoms with Gasteiger partial charge in [-0.3, -0.25) is 9.78 Å². The predicted molar refractivity (Wildman–Crippen MR) is 97.8 cm³/mol. The minimum atomic E-state index is -2.62. The molecule has 0 atom stereocenters. The lowest BCUT2D eigenvalue weighted by atomic mass is 9.94. The van der Waals surface area contributed by atoms with E-state index in [0.29, 0.717) is 31.8 Å². The van der Waals surface area contributed by atoms with Crippen LogP contribution in [0.1, 0.15) is 31.5 Å². The van der Waals surface area contributed by atoms with Crippen LogP contribution in [0.5, 0.6) is 0 Å². The molecular weight excluding hydrogens is 352 g/mol. The number of carbonyl (C=O) groups excluding carboxylic acids is 1. The van der Waals surface area contributed by atoms with Crippen molar-refractivity contribution in [1.29, 1.82) is 0 Å². The van der Waals surface area contributed by atoms with Gasteiger partial charge in [0.15, 0.2) is 0 Å². The Kier molecular flexibility index (Phi) is 4.65.